The predicted octanol–water partition coefficient (Wildman–Crippen LogP) is 3.61. The Morgan fingerprint density at radius 2 is 1.71 bits per heavy atom. The van der Waals surface area contributed by atoms with Gasteiger partial charge in [0, 0.05) is 5.69 Å². The first-order chi connectivity index (χ1) is 11.5. The molecule has 0 unspecified atom stereocenters. The minimum absolute atomic E-state index is 0.286. The summed E-state index contributed by atoms with van der Waals surface area (Å²) in [4.78, 5) is 23.9. The van der Waals surface area contributed by atoms with Gasteiger partial charge in [0.2, 0.25) is 0 Å². The van der Waals surface area contributed by atoms with Crippen molar-refractivity contribution in [3.63, 3.8) is 0 Å². The van der Waals surface area contributed by atoms with E-state index < -0.39 is 11.9 Å². The fourth-order valence-electron chi connectivity index (χ4n) is 2.17. The van der Waals surface area contributed by atoms with E-state index in [9.17, 15) is 9.59 Å². The molecule has 0 aliphatic rings. The summed E-state index contributed by atoms with van der Waals surface area (Å²) in [6.07, 6.45) is 0. The molecule has 0 heterocycles. The predicted molar refractivity (Wildman–Crippen MR) is 92.4 cm³/mol. The first-order valence-corrected chi connectivity index (χ1v) is 7.71. The zero-order valence-corrected chi connectivity index (χ0v) is 14.0. The molecule has 0 aromatic heterocycles. The molecule has 0 saturated heterocycles. The summed E-state index contributed by atoms with van der Waals surface area (Å²) in [5, 5.41) is 2.70. The van der Waals surface area contributed by atoms with E-state index in [0.29, 0.717) is 17.4 Å². The number of amides is 1. The molecule has 0 fully saturated rings. The highest BCUT2D eigenvalue weighted by molar-refractivity contribution is 5.96. The Bertz CT molecular complexity index is 708. The summed E-state index contributed by atoms with van der Waals surface area (Å²) in [6, 6.07) is 14.3. The Balaban J connectivity index is 1.89. The van der Waals surface area contributed by atoms with E-state index in [1.807, 2.05) is 24.3 Å². The third-order valence-electron chi connectivity index (χ3n) is 3.52. The van der Waals surface area contributed by atoms with Gasteiger partial charge in [0.05, 0.1) is 7.11 Å². The van der Waals surface area contributed by atoms with Gasteiger partial charge in [0.15, 0.2) is 6.61 Å². The number of hydrogen-bond donors (Lipinski definition) is 1. The molecule has 5 nitrogen and oxygen atoms in total. The third kappa shape index (κ3) is 4.59. The van der Waals surface area contributed by atoms with Crippen LogP contribution in [0.5, 0.6) is 5.75 Å². The lowest BCUT2D eigenvalue weighted by Gasteiger charge is -2.10. The first-order valence-electron chi connectivity index (χ1n) is 7.71. The van der Waals surface area contributed by atoms with Gasteiger partial charge >= 0.3 is 5.97 Å². The van der Waals surface area contributed by atoms with Gasteiger partial charge in [-0.3, -0.25) is 4.79 Å². The minimum Gasteiger partial charge on any atom is -0.496 e. The lowest BCUT2D eigenvalue weighted by atomic mass is 10.0. The van der Waals surface area contributed by atoms with Crippen molar-refractivity contribution in [3.05, 3.63) is 59.7 Å². The summed E-state index contributed by atoms with van der Waals surface area (Å²) >= 11 is 0. The SMILES string of the molecule is COc1ccccc1C(=O)OCC(=O)Nc1ccc(C(C)C)cc1. The molecule has 2 rings (SSSR count). The van der Waals surface area contributed by atoms with Gasteiger partial charge in [-0.1, -0.05) is 38.1 Å². The van der Waals surface area contributed by atoms with Gasteiger partial charge < -0.3 is 14.8 Å². The minimum atomic E-state index is -0.599. The highest BCUT2D eigenvalue weighted by Gasteiger charge is 2.14. The Morgan fingerprint density at radius 3 is 2.33 bits per heavy atom. The van der Waals surface area contributed by atoms with E-state index in [1.165, 1.54) is 12.7 Å². The monoisotopic (exact) mass is 327 g/mol. The zero-order chi connectivity index (χ0) is 17.5. The van der Waals surface area contributed by atoms with Gasteiger partial charge in [-0.25, -0.2) is 4.79 Å². The van der Waals surface area contributed by atoms with Crippen molar-refractivity contribution in [3.8, 4) is 5.75 Å². The average Bonchev–Trinajstić information content (AvgIpc) is 2.60. The van der Waals surface area contributed by atoms with Crippen LogP contribution in [0.2, 0.25) is 0 Å². The molecule has 0 spiro atoms. The largest absolute Gasteiger partial charge is 0.496 e. The number of para-hydroxylation sites is 1. The number of carbonyl (C=O) groups excluding carboxylic acids is 2. The molecular weight excluding hydrogens is 306 g/mol. The number of benzene rings is 2. The maximum absolute atomic E-state index is 12.0. The smallest absolute Gasteiger partial charge is 0.342 e. The van der Waals surface area contributed by atoms with Crippen molar-refractivity contribution in [2.75, 3.05) is 19.0 Å². The summed E-state index contributed by atoms with van der Waals surface area (Å²) in [5.41, 5.74) is 2.14. The van der Waals surface area contributed by atoms with Crippen LogP contribution in [-0.4, -0.2) is 25.6 Å². The Morgan fingerprint density at radius 1 is 1.04 bits per heavy atom. The summed E-state index contributed by atoms with van der Waals surface area (Å²) in [7, 11) is 1.47. The van der Waals surface area contributed by atoms with Crippen LogP contribution in [0.1, 0.15) is 35.7 Å². The fraction of sp³-hybridized carbons (Fsp3) is 0.263. The summed E-state index contributed by atoms with van der Waals surface area (Å²) in [6.45, 7) is 3.85. The van der Waals surface area contributed by atoms with Crippen LogP contribution in [0.15, 0.2) is 48.5 Å². The maximum atomic E-state index is 12.0. The van der Waals surface area contributed by atoms with E-state index in [4.69, 9.17) is 9.47 Å². The van der Waals surface area contributed by atoms with Crippen molar-refractivity contribution in [2.45, 2.75) is 19.8 Å². The van der Waals surface area contributed by atoms with E-state index in [0.717, 1.165) is 0 Å². The number of nitrogens with one attached hydrogen (secondary N) is 1. The van der Waals surface area contributed by atoms with Crippen molar-refractivity contribution in [1.82, 2.24) is 0 Å². The molecule has 0 radical (unpaired) electrons. The molecule has 5 heteroatoms. The molecule has 0 atom stereocenters. The second kappa shape index (κ2) is 8.15. The number of anilines is 1. The van der Waals surface area contributed by atoms with E-state index in [-0.39, 0.29) is 12.2 Å². The average molecular weight is 327 g/mol. The first kappa shape index (κ1) is 17.5. The van der Waals surface area contributed by atoms with Gasteiger partial charge in [-0.05, 0) is 35.7 Å². The Hall–Kier alpha value is -2.82. The van der Waals surface area contributed by atoms with Crippen LogP contribution in [0.25, 0.3) is 0 Å². The number of carbonyl (C=O) groups is 2. The number of rotatable bonds is 6. The molecule has 0 saturated carbocycles. The topological polar surface area (TPSA) is 64.6 Å². The molecule has 2 aromatic carbocycles. The van der Waals surface area contributed by atoms with E-state index in [2.05, 4.69) is 19.2 Å². The van der Waals surface area contributed by atoms with Gasteiger partial charge in [0.1, 0.15) is 11.3 Å². The van der Waals surface area contributed by atoms with Crippen molar-refractivity contribution >= 4 is 17.6 Å². The number of ether oxygens (including phenoxy) is 2. The van der Waals surface area contributed by atoms with E-state index >= 15 is 0 Å². The molecule has 0 bridgehead atoms. The zero-order valence-electron chi connectivity index (χ0n) is 14.0. The molecule has 0 aliphatic heterocycles. The van der Waals surface area contributed by atoms with Crippen molar-refractivity contribution in [2.24, 2.45) is 0 Å². The lowest BCUT2D eigenvalue weighted by molar-refractivity contribution is -0.119. The molecule has 126 valence electrons. The van der Waals surface area contributed by atoms with Crippen molar-refractivity contribution in [1.29, 1.82) is 0 Å². The molecule has 1 N–H and O–H groups in total. The number of methoxy groups -OCH3 is 1. The normalized spacial score (nSPS) is 10.3. The van der Waals surface area contributed by atoms with Crippen LogP contribution in [-0.2, 0) is 9.53 Å². The summed E-state index contributed by atoms with van der Waals surface area (Å²) < 4.78 is 10.1. The molecule has 0 aliphatic carbocycles. The maximum Gasteiger partial charge on any atom is 0.342 e. The Labute approximate surface area is 141 Å². The van der Waals surface area contributed by atoms with Crippen LogP contribution in [0.3, 0.4) is 0 Å². The van der Waals surface area contributed by atoms with Crippen LogP contribution in [0, 0.1) is 0 Å². The highest BCUT2D eigenvalue weighted by atomic mass is 16.5. The highest BCUT2D eigenvalue weighted by Crippen LogP contribution is 2.19. The van der Waals surface area contributed by atoms with Gasteiger partial charge in [-0.2, -0.15) is 0 Å². The van der Waals surface area contributed by atoms with Crippen LogP contribution < -0.4 is 10.1 Å². The summed E-state index contributed by atoms with van der Waals surface area (Å²) in [5.74, 6) is -0.156. The lowest BCUT2D eigenvalue weighted by Crippen LogP contribution is -2.21. The van der Waals surface area contributed by atoms with Crippen LogP contribution in [0.4, 0.5) is 5.69 Å². The van der Waals surface area contributed by atoms with Gasteiger partial charge in [0.25, 0.3) is 5.91 Å². The second-order valence-electron chi connectivity index (χ2n) is 5.60. The molecular formula is C19H21NO4. The number of esters is 1. The molecule has 2 aromatic rings. The third-order valence-corrected chi connectivity index (χ3v) is 3.52. The quantitative estimate of drug-likeness (QED) is 0.823. The number of hydrogen-bond acceptors (Lipinski definition) is 4. The van der Waals surface area contributed by atoms with Crippen molar-refractivity contribution < 1.29 is 19.1 Å². The Kier molecular flexibility index (Phi) is 5.95. The van der Waals surface area contributed by atoms with Crippen LogP contribution >= 0.6 is 0 Å². The molecule has 1 amide bonds. The second-order valence-corrected chi connectivity index (χ2v) is 5.60. The van der Waals surface area contributed by atoms with Gasteiger partial charge in [-0.15, -0.1) is 0 Å². The fourth-order valence-corrected chi connectivity index (χ4v) is 2.17. The van der Waals surface area contributed by atoms with E-state index in [1.54, 1.807) is 24.3 Å². The standard InChI is InChI=1S/C19H21NO4/c1-13(2)14-8-10-15(11-9-14)20-18(21)12-24-19(22)16-6-4-5-7-17(16)23-3/h4-11,13H,12H2,1-3H3,(H,20,21). The molecule has 24 heavy (non-hydrogen) atoms.